The highest BCUT2D eigenvalue weighted by molar-refractivity contribution is 7.91. The number of rotatable bonds is 5. The number of anilines is 1. The molecule has 33 heavy (non-hydrogen) atoms. The number of sulfonamides is 1. The molecule has 1 saturated heterocycles. The van der Waals surface area contributed by atoms with Crippen LogP contribution in [0.3, 0.4) is 0 Å². The van der Waals surface area contributed by atoms with Crippen LogP contribution in [-0.2, 0) is 21.4 Å². The summed E-state index contributed by atoms with van der Waals surface area (Å²) < 4.78 is 29.1. The van der Waals surface area contributed by atoms with Gasteiger partial charge in [0.05, 0.1) is 12.1 Å². The summed E-state index contributed by atoms with van der Waals surface area (Å²) >= 11 is 7.20. The van der Waals surface area contributed by atoms with E-state index in [1.807, 2.05) is 19.9 Å². The zero-order valence-electron chi connectivity index (χ0n) is 18.2. The number of thiophene rings is 1. The maximum Gasteiger partial charge on any atom is 0.253 e. The van der Waals surface area contributed by atoms with Gasteiger partial charge in [0.2, 0.25) is 5.91 Å². The lowest BCUT2D eigenvalue weighted by atomic mass is 9.99. The van der Waals surface area contributed by atoms with E-state index < -0.39 is 10.0 Å². The third-order valence-corrected chi connectivity index (χ3v) is 9.43. The summed E-state index contributed by atoms with van der Waals surface area (Å²) in [6.07, 6.45) is 0. The van der Waals surface area contributed by atoms with Crippen molar-refractivity contribution in [2.24, 2.45) is 5.92 Å². The first-order valence-corrected chi connectivity index (χ1v) is 13.0. The zero-order valence-corrected chi connectivity index (χ0v) is 20.5. The maximum atomic E-state index is 13.4. The molecule has 0 saturated carbocycles. The number of nitriles is 1. The average Bonchev–Trinajstić information content (AvgIpc) is 3.19. The summed E-state index contributed by atoms with van der Waals surface area (Å²) in [7, 11) is -3.84. The molecular weight excluding hydrogens is 480 g/mol. The third-order valence-electron chi connectivity index (χ3n) is 5.84. The van der Waals surface area contributed by atoms with Crippen LogP contribution < -0.4 is 5.73 Å². The van der Waals surface area contributed by atoms with E-state index in [9.17, 15) is 13.2 Å². The molecule has 10 heteroatoms. The van der Waals surface area contributed by atoms with Crippen LogP contribution in [-0.4, -0.2) is 42.7 Å². The van der Waals surface area contributed by atoms with Gasteiger partial charge in [-0.1, -0.05) is 37.6 Å². The van der Waals surface area contributed by atoms with E-state index in [0.717, 1.165) is 27.0 Å². The summed E-state index contributed by atoms with van der Waals surface area (Å²) in [6.45, 7) is 4.21. The van der Waals surface area contributed by atoms with E-state index in [4.69, 9.17) is 22.6 Å². The van der Waals surface area contributed by atoms with Crippen LogP contribution in [0.2, 0.25) is 5.02 Å². The third kappa shape index (κ3) is 4.57. The van der Waals surface area contributed by atoms with Crippen molar-refractivity contribution in [3.8, 4) is 6.07 Å². The molecule has 0 radical (unpaired) electrons. The summed E-state index contributed by atoms with van der Waals surface area (Å²) in [5.41, 5.74) is 7.46. The van der Waals surface area contributed by atoms with Crippen LogP contribution in [0.5, 0.6) is 0 Å². The van der Waals surface area contributed by atoms with Crippen molar-refractivity contribution in [3.05, 3.63) is 58.6 Å². The summed E-state index contributed by atoms with van der Waals surface area (Å²) in [6, 6.07) is 13.7. The smallest absolute Gasteiger partial charge is 0.253 e. The molecule has 7 nitrogen and oxygen atoms in total. The van der Waals surface area contributed by atoms with E-state index in [-0.39, 0.29) is 35.2 Å². The van der Waals surface area contributed by atoms with Gasteiger partial charge in [-0.25, -0.2) is 8.42 Å². The first-order chi connectivity index (χ1) is 15.6. The number of hydrogen-bond donors (Lipinski definition) is 1. The highest BCUT2D eigenvalue weighted by Crippen LogP contribution is 2.34. The highest BCUT2D eigenvalue weighted by Gasteiger charge is 2.40. The molecule has 1 atom stereocenters. The predicted octanol–water partition coefficient (Wildman–Crippen LogP) is 4.07. The molecule has 3 aromatic rings. The van der Waals surface area contributed by atoms with Gasteiger partial charge in [0.25, 0.3) is 10.0 Å². The molecule has 1 aliphatic rings. The number of hydrogen-bond acceptors (Lipinski definition) is 6. The van der Waals surface area contributed by atoms with Gasteiger partial charge in [0.1, 0.15) is 10.3 Å². The van der Waals surface area contributed by atoms with Crippen LogP contribution in [0.1, 0.15) is 25.0 Å². The number of nitrogen functional groups attached to an aromatic ring is 1. The second kappa shape index (κ2) is 8.95. The number of carbonyl (C=O) groups is 1. The Labute approximate surface area is 202 Å². The van der Waals surface area contributed by atoms with Gasteiger partial charge in [0.15, 0.2) is 0 Å². The molecule has 1 fully saturated rings. The molecule has 1 aliphatic heterocycles. The van der Waals surface area contributed by atoms with Crippen molar-refractivity contribution >= 4 is 54.6 Å². The number of carbonyl (C=O) groups excluding carboxylic acids is 1. The SMILES string of the molecule is CC(C)[C@@H]1CN(S(=O)(=O)c2cc3ccc(Cl)cc3s2)CC(=O)N1Cc1ccc(C#N)c(N)c1. The van der Waals surface area contributed by atoms with Crippen molar-refractivity contribution in [2.45, 2.75) is 30.6 Å². The molecule has 1 aromatic heterocycles. The lowest BCUT2D eigenvalue weighted by Gasteiger charge is -2.42. The molecule has 2 heterocycles. The highest BCUT2D eigenvalue weighted by atomic mass is 35.5. The lowest BCUT2D eigenvalue weighted by Crippen LogP contribution is -2.58. The van der Waals surface area contributed by atoms with E-state index in [1.54, 1.807) is 47.4 Å². The molecule has 0 bridgehead atoms. The summed E-state index contributed by atoms with van der Waals surface area (Å²) in [5, 5.41) is 10.4. The first-order valence-electron chi connectivity index (χ1n) is 10.4. The van der Waals surface area contributed by atoms with Gasteiger partial charge in [-0.05, 0) is 47.2 Å². The Bertz CT molecular complexity index is 1380. The molecule has 4 rings (SSSR count). The van der Waals surface area contributed by atoms with Crippen molar-refractivity contribution in [2.75, 3.05) is 18.8 Å². The topological polar surface area (TPSA) is 108 Å². The Morgan fingerprint density at radius 2 is 2.00 bits per heavy atom. The van der Waals surface area contributed by atoms with E-state index in [2.05, 4.69) is 0 Å². The summed E-state index contributed by atoms with van der Waals surface area (Å²) in [5.74, 6) is -0.237. The van der Waals surface area contributed by atoms with Crippen LogP contribution in [0.4, 0.5) is 5.69 Å². The van der Waals surface area contributed by atoms with Crippen molar-refractivity contribution in [3.63, 3.8) is 0 Å². The van der Waals surface area contributed by atoms with Crippen molar-refractivity contribution < 1.29 is 13.2 Å². The van der Waals surface area contributed by atoms with E-state index >= 15 is 0 Å². The Morgan fingerprint density at radius 1 is 1.24 bits per heavy atom. The fourth-order valence-electron chi connectivity index (χ4n) is 4.00. The number of piperazine rings is 1. The number of halogens is 1. The normalized spacial score (nSPS) is 17.6. The molecular formula is C23H23ClN4O3S2. The molecule has 0 spiro atoms. The van der Waals surface area contributed by atoms with Gasteiger partial charge in [0, 0.05) is 34.5 Å². The Kier molecular flexibility index (Phi) is 6.38. The molecule has 172 valence electrons. The van der Waals surface area contributed by atoms with Crippen LogP contribution in [0.15, 0.2) is 46.7 Å². The average molecular weight is 503 g/mol. The number of fused-ring (bicyclic) bond motifs is 1. The first kappa shape index (κ1) is 23.5. The fourth-order valence-corrected chi connectivity index (χ4v) is 7.24. The fraction of sp³-hybridized carbons (Fsp3) is 0.304. The molecule has 2 aromatic carbocycles. The second-order valence-electron chi connectivity index (χ2n) is 8.41. The minimum atomic E-state index is -3.84. The molecule has 0 aliphatic carbocycles. The largest absolute Gasteiger partial charge is 0.398 e. The second-order valence-corrected chi connectivity index (χ2v) is 12.1. The minimum Gasteiger partial charge on any atom is -0.398 e. The number of nitrogens with two attached hydrogens (primary N) is 1. The molecule has 0 unspecified atom stereocenters. The molecule has 1 amide bonds. The van der Waals surface area contributed by atoms with Crippen molar-refractivity contribution in [1.29, 1.82) is 5.26 Å². The summed E-state index contributed by atoms with van der Waals surface area (Å²) in [4.78, 5) is 14.9. The number of nitrogens with zero attached hydrogens (tertiary/aromatic N) is 3. The van der Waals surface area contributed by atoms with Gasteiger partial charge >= 0.3 is 0 Å². The standard InChI is InChI=1S/C23H23ClN4O3S2/c1-14(2)20-12-27(33(30,31)23-8-16-5-6-18(24)9-21(16)32-23)13-22(29)28(20)11-15-3-4-17(10-25)19(26)7-15/h3-9,14,20H,11-13,26H2,1-2H3/t20-/m0/s1. The zero-order chi connectivity index (χ0) is 23.9. The minimum absolute atomic E-state index is 0.0314. The number of amides is 1. The van der Waals surface area contributed by atoms with Gasteiger partial charge in [-0.3, -0.25) is 4.79 Å². The quantitative estimate of drug-likeness (QED) is 0.529. The van der Waals surface area contributed by atoms with Crippen LogP contribution >= 0.6 is 22.9 Å². The Hall–Kier alpha value is -2.64. The number of benzene rings is 2. The van der Waals surface area contributed by atoms with Gasteiger partial charge in [-0.2, -0.15) is 9.57 Å². The lowest BCUT2D eigenvalue weighted by molar-refractivity contribution is -0.139. The van der Waals surface area contributed by atoms with Gasteiger partial charge < -0.3 is 10.6 Å². The Balaban J connectivity index is 1.61. The van der Waals surface area contributed by atoms with E-state index in [0.29, 0.717) is 22.8 Å². The van der Waals surface area contributed by atoms with Gasteiger partial charge in [-0.15, -0.1) is 11.3 Å². The Morgan fingerprint density at radius 3 is 2.67 bits per heavy atom. The monoisotopic (exact) mass is 502 g/mol. The maximum absolute atomic E-state index is 13.4. The van der Waals surface area contributed by atoms with Crippen LogP contribution in [0.25, 0.3) is 10.1 Å². The van der Waals surface area contributed by atoms with E-state index in [1.165, 1.54) is 4.31 Å². The molecule has 2 N–H and O–H groups in total. The van der Waals surface area contributed by atoms with Crippen molar-refractivity contribution in [1.82, 2.24) is 9.21 Å². The predicted molar refractivity (Wildman–Crippen MR) is 130 cm³/mol. The van der Waals surface area contributed by atoms with Crippen LogP contribution in [0, 0.1) is 17.2 Å².